The first-order chi connectivity index (χ1) is 10.2. The second-order valence-corrected chi connectivity index (χ2v) is 5.54. The Morgan fingerprint density at radius 1 is 1.19 bits per heavy atom. The van der Waals surface area contributed by atoms with Crippen LogP contribution < -0.4 is 0 Å². The average Bonchev–Trinajstić information content (AvgIpc) is 2.50. The standard InChI is InChI=1S/C16H25ClN2O2/c1-2-3-4-5-6-10-19(11-7-12-20)16(21)14-8-9-15(17)18-13-14/h8-9,13,20H,2-7,10-12H2,1H3. The number of aliphatic hydroxyl groups excluding tert-OH is 1. The number of hydrogen-bond acceptors (Lipinski definition) is 3. The number of hydrogen-bond donors (Lipinski definition) is 1. The van der Waals surface area contributed by atoms with Crippen molar-refractivity contribution in [3.05, 3.63) is 29.0 Å². The van der Waals surface area contributed by atoms with Crippen LogP contribution in [0, 0.1) is 0 Å². The van der Waals surface area contributed by atoms with Gasteiger partial charge in [0.1, 0.15) is 5.15 Å². The summed E-state index contributed by atoms with van der Waals surface area (Å²) in [5.41, 5.74) is 0.547. The molecule has 1 aromatic rings. The predicted molar refractivity (Wildman–Crippen MR) is 85.6 cm³/mol. The van der Waals surface area contributed by atoms with E-state index in [1.807, 2.05) is 0 Å². The zero-order chi connectivity index (χ0) is 15.5. The zero-order valence-electron chi connectivity index (χ0n) is 12.7. The van der Waals surface area contributed by atoms with Crippen LogP contribution in [0.15, 0.2) is 18.3 Å². The van der Waals surface area contributed by atoms with Gasteiger partial charge in [0.2, 0.25) is 0 Å². The second kappa shape index (κ2) is 10.6. The fourth-order valence-electron chi connectivity index (χ4n) is 2.17. The van der Waals surface area contributed by atoms with Gasteiger partial charge in [-0.05, 0) is 25.0 Å². The Kier molecular flexibility index (Phi) is 9.02. The number of carbonyl (C=O) groups is 1. The first kappa shape index (κ1) is 17.9. The third kappa shape index (κ3) is 6.91. The molecule has 0 atom stereocenters. The topological polar surface area (TPSA) is 53.4 Å². The van der Waals surface area contributed by atoms with Gasteiger partial charge in [-0.25, -0.2) is 4.98 Å². The number of aromatic nitrogens is 1. The summed E-state index contributed by atoms with van der Waals surface area (Å²) in [6, 6.07) is 3.32. The van der Waals surface area contributed by atoms with Crippen LogP contribution in [-0.4, -0.2) is 40.6 Å². The highest BCUT2D eigenvalue weighted by Crippen LogP contribution is 2.11. The van der Waals surface area contributed by atoms with Gasteiger partial charge in [0.15, 0.2) is 0 Å². The molecule has 118 valence electrons. The Balaban J connectivity index is 2.54. The summed E-state index contributed by atoms with van der Waals surface area (Å²) in [6.45, 7) is 3.58. The quantitative estimate of drug-likeness (QED) is 0.531. The van der Waals surface area contributed by atoms with Gasteiger partial charge < -0.3 is 10.0 Å². The molecule has 0 bridgehead atoms. The predicted octanol–water partition coefficient (Wildman–Crippen LogP) is 3.53. The van der Waals surface area contributed by atoms with Gasteiger partial charge in [-0.3, -0.25) is 4.79 Å². The van der Waals surface area contributed by atoms with E-state index in [0.29, 0.717) is 23.7 Å². The van der Waals surface area contributed by atoms with Crippen LogP contribution in [-0.2, 0) is 0 Å². The molecule has 1 aromatic heterocycles. The largest absolute Gasteiger partial charge is 0.396 e. The van der Waals surface area contributed by atoms with Crippen LogP contribution in [0.5, 0.6) is 0 Å². The smallest absolute Gasteiger partial charge is 0.255 e. The Labute approximate surface area is 132 Å². The summed E-state index contributed by atoms with van der Waals surface area (Å²) in [5.74, 6) is -0.0388. The Bertz CT molecular complexity index is 409. The molecule has 0 radical (unpaired) electrons. The van der Waals surface area contributed by atoms with E-state index in [-0.39, 0.29) is 12.5 Å². The van der Waals surface area contributed by atoms with Gasteiger partial charge in [0, 0.05) is 25.9 Å². The minimum absolute atomic E-state index is 0.0388. The number of amides is 1. The fraction of sp³-hybridized carbons (Fsp3) is 0.625. The summed E-state index contributed by atoms with van der Waals surface area (Å²) in [7, 11) is 0. The summed E-state index contributed by atoms with van der Waals surface area (Å²) in [4.78, 5) is 18.2. The SMILES string of the molecule is CCCCCCCN(CCCO)C(=O)c1ccc(Cl)nc1. The number of nitrogens with zero attached hydrogens (tertiary/aromatic N) is 2. The van der Waals surface area contributed by atoms with E-state index in [4.69, 9.17) is 16.7 Å². The Morgan fingerprint density at radius 2 is 1.90 bits per heavy atom. The van der Waals surface area contributed by atoms with Crippen molar-refractivity contribution in [2.24, 2.45) is 0 Å². The normalized spacial score (nSPS) is 10.6. The molecule has 1 amide bonds. The molecule has 1 rings (SSSR count). The monoisotopic (exact) mass is 312 g/mol. The van der Waals surface area contributed by atoms with Crippen molar-refractivity contribution in [3.8, 4) is 0 Å². The van der Waals surface area contributed by atoms with Crippen LogP contribution in [0.3, 0.4) is 0 Å². The molecule has 0 aromatic carbocycles. The molecule has 0 fully saturated rings. The molecule has 1 N–H and O–H groups in total. The van der Waals surface area contributed by atoms with Crippen molar-refractivity contribution in [2.75, 3.05) is 19.7 Å². The van der Waals surface area contributed by atoms with Crippen LogP contribution in [0.2, 0.25) is 5.15 Å². The van der Waals surface area contributed by atoms with E-state index in [9.17, 15) is 4.79 Å². The minimum Gasteiger partial charge on any atom is -0.396 e. The highest BCUT2D eigenvalue weighted by Gasteiger charge is 2.15. The molecule has 0 aliphatic heterocycles. The lowest BCUT2D eigenvalue weighted by Gasteiger charge is -2.22. The van der Waals surface area contributed by atoms with E-state index >= 15 is 0 Å². The molecule has 0 unspecified atom stereocenters. The molecule has 1 heterocycles. The number of aliphatic hydroxyl groups is 1. The van der Waals surface area contributed by atoms with E-state index in [1.54, 1.807) is 17.0 Å². The Morgan fingerprint density at radius 3 is 2.52 bits per heavy atom. The van der Waals surface area contributed by atoms with E-state index in [1.165, 1.54) is 25.5 Å². The van der Waals surface area contributed by atoms with Crippen molar-refractivity contribution < 1.29 is 9.90 Å². The Hall–Kier alpha value is -1.13. The number of rotatable bonds is 10. The molecule has 21 heavy (non-hydrogen) atoms. The van der Waals surface area contributed by atoms with Crippen molar-refractivity contribution >= 4 is 17.5 Å². The van der Waals surface area contributed by atoms with Crippen molar-refractivity contribution in [2.45, 2.75) is 45.4 Å². The summed E-state index contributed by atoms with van der Waals surface area (Å²) < 4.78 is 0. The number of pyridine rings is 1. The first-order valence-corrected chi connectivity index (χ1v) is 8.08. The molecular formula is C16H25ClN2O2. The van der Waals surface area contributed by atoms with Crippen LogP contribution >= 0.6 is 11.6 Å². The molecule has 0 aliphatic rings. The maximum atomic E-state index is 12.4. The van der Waals surface area contributed by atoms with Crippen molar-refractivity contribution in [3.63, 3.8) is 0 Å². The van der Waals surface area contributed by atoms with Gasteiger partial charge >= 0.3 is 0 Å². The molecule has 0 saturated heterocycles. The number of unbranched alkanes of at least 4 members (excludes halogenated alkanes) is 4. The van der Waals surface area contributed by atoms with E-state index in [2.05, 4.69) is 11.9 Å². The maximum Gasteiger partial charge on any atom is 0.255 e. The van der Waals surface area contributed by atoms with Crippen molar-refractivity contribution in [1.82, 2.24) is 9.88 Å². The van der Waals surface area contributed by atoms with Gasteiger partial charge in [-0.2, -0.15) is 0 Å². The lowest BCUT2D eigenvalue weighted by atomic mass is 10.1. The van der Waals surface area contributed by atoms with Crippen LogP contribution in [0.25, 0.3) is 0 Å². The van der Waals surface area contributed by atoms with Crippen LogP contribution in [0.1, 0.15) is 55.8 Å². The number of carbonyl (C=O) groups excluding carboxylic acids is 1. The molecule has 0 saturated carbocycles. The van der Waals surface area contributed by atoms with E-state index in [0.717, 1.165) is 19.4 Å². The third-order valence-electron chi connectivity index (χ3n) is 3.38. The first-order valence-electron chi connectivity index (χ1n) is 7.70. The fourth-order valence-corrected chi connectivity index (χ4v) is 2.28. The lowest BCUT2D eigenvalue weighted by molar-refractivity contribution is 0.0741. The van der Waals surface area contributed by atoms with Crippen molar-refractivity contribution in [1.29, 1.82) is 0 Å². The summed E-state index contributed by atoms with van der Waals surface area (Å²) >= 11 is 5.74. The van der Waals surface area contributed by atoms with E-state index < -0.39 is 0 Å². The second-order valence-electron chi connectivity index (χ2n) is 5.15. The summed E-state index contributed by atoms with van der Waals surface area (Å²) in [5, 5.41) is 9.36. The van der Waals surface area contributed by atoms with Crippen LogP contribution in [0.4, 0.5) is 0 Å². The molecule has 5 heteroatoms. The molecule has 4 nitrogen and oxygen atoms in total. The average molecular weight is 313 g/mol. The lowest BCUT2D eigenvalue weighted by Crippen LogP contribution is -2.33. The third-order valence-corrected chi connectivity index (χ3v) is 3.60. The van der Waals surface area contributed by atoms with Gasteiger partial charge in [-0.15, -0.1) is 0 Å². The number of halogens is 1. The molecule has 0 spiro atoms. The van der Waals surface area contributed by atoms with Gasteiger partial charge in [0.05, 0.1) is 5.56 Å². The highest BCUT2D eigenvalue weighted by molar-refractivity contribution is 6.29. The van der Waals surface area contributed by atoms with Gasteiger partial charge in [0.25, 0.3) is 5.91 Å². The molecular weight excluding hydrogens is 288 g/mol. The van der Waals surface area contributed by atoms with Gasteiger partial charge in [-0.1, -0.05) is 44.2 Å². The minimum atomic E-state index is -0.0388. The zero-order valence-corrected chi connectivity index (χ0v) is 13.5. The highest BCUT2D eigenvalue weighted by atomic mass is 35.5. The maximum absolute atomic E-state index is 12.4. The summed E-state index contributed by atoms with van der Waals surface area (Å²) in [6.07, 6.45) is 7.90. The molecule has 0 aliphatic carbocycles.